The predicted molar refractivity (Wildman–Crippen MR) is 290 cm³/mol. The molecule has 8 rings (SSSR count). The molecule has 3 aromatic carbocycles. The fourth-order valence-electron chi connectivity index (χ4n) is 9.96. The number of esters is 4. The predicted octanol–water partition coefficient (Wildman–Crippen LogP) is 5.75. The highest BCUT2D eigenvalue weighted by Crippen LogP contribution is 2.38. The Labute approximate surface area is 458 Å². The zero-order chi connectivity index (χ0) is 55.3. The van der Waals surface area contributed by atoms with Crippen molar-refractivity contribution >= 4 is 53.0 Å². The third-order valence-corrected chi connectivity index (χ3v) is 15.6. The highest BCUT2D eigenvalue weighted by molar-refractivity contribution is 5.93. The summed E-state index contributed by atoms with van der Waals surface area (Å²) in [5, 5.41) is 0. The fourth-order valence-corrected chi connectivity index (χ4v) is 9.96. The van der Waals surface area contributed by atoms with E-state index in [0.717, 1.165) is 87.2 Å². The van der Waals surface area contributed by atoms with Crippen molar-refractivity contribution in [3.63, 3.8) is 0 Å². The summed E-state index contributed by atoms with van der Waals surface area (Å²) in [5.74, 6) is -4.24. The summed E-state index contributed by atoms with van der Waals surface area (Å²) < 4.78 is 34.3. The molecule has 18 nitrogen and oxygen atoms in total. The standard InChI is InChI=1S/C60H78N5O13/c1-40(76-58(70)50(35-43-11-12-43)61(3)54(66)26-21-42-17-22-48(23-18-42)64-27-31-73-32-28-64)55(67)62(4)52(37-45-15-16-45)60(72)78-53(38-46-19-24-49(25-20-46)65-29-33-74-34-30-65)56(68)63(5)51(36-44-13-14-44)59(71)77-41(2)57(69)75-39-47-9-7-6-8-10-47/h6-10,17-20,22-26,40-41,43-45,50-53H,11-16,21,27-39H2,1-5H3/t40-,41-,50+,51+,52+,53-/m1/s1. The van der Waals surface area contributed by atoms with Crippen LogP contribution < -0.4 is 9.80 Å². The summed E-state index contributed by atoms with van der Waals surface area (Å²) in [7, 11) is 4.50. The van der Waals surface area contributed by atoms with Crippen molar-refractivity contribution in [3.8, 4) is 0 Å². The molecule has 2 heterocycles. The van der Waals surface area contributed by atoms with Gasteiger partial charge in [-0.25, -0.2) is 19.2 Å². The van der Waals surface area contributed by atoms with E-state index in [0.29, 0.717) is 44.8 Å². The summed E-state index contributed by atoms with van der Waals surface area (Å²) >= 11 is 0. The van der Waals surface area contributed by atoms with Gasteiger partial charge in [0.1, 0.15) is 24.7 Å². The number of hydrogen-bond acceptors (Lipinski definition) is 15. The largest absolute Gasteiger partial charge is 0.458 e. The number of rotatable bonds is 27. The first-order valence-corrected chi connectivity index (χ1v) is 27.9. The summed E-state index contributed by atoms with van der Waals surface area (Å²) in [4.78, 5) is 107. The van der Waals surface area contributed by atoms with E-state index in [1.807, 2.05) is 78.9 Å². The van der Waals surface area contributed by atoms with Gasteiger partial charge in [-0.05, 0) is 98.2 Å². The minimum Gasteiger partial charge on any atom is -0.458 e. The topological polar surface area (TPSA) is 191 Å². The Morgan fingerprint density at radius 2 is 0.962 bits per heavy atom. The van der Waals surface area contributed by atoms with Gasteiger partial charge < -0.3 is 52.9 Å². The maximum absolute atomic E-state index is 14.9. The number of carbonyl (C=O) groups excluding carboxylic acids is 7. The Morgan fingerprint density at radius 1 is 0.526 bits per heavy atom. The average Bonchev–Trinajstić information content (AvgIpc) is 4.32. The van der Waals surface area contributed by atoms with Crippen molar-refractivity contribution in [1.29, 1.82) is 0 Å². The van der Waals surface area contributed by atoms with E-state index in [-0.39, 0.29) is 49.5 Å². The van der Waals surface area contributed by atoms with Crippen LogP contribution in [0.1, 0.15) is 88.3 Å². The smallest absolute Gasteiger partial charge is 0.347 e. The van der Waals surface area contributed by atoms with Crippen LogP contribution in [-0.4, -0.2) is 166 Å². The average molecular weight is 1080 g/mol. The Hall–Kier alpha value is -6.53. The molecule has 0 N–H and O–H groups in total. The normalized spacial score (nSPS) is 18.7. The van der Waals surface area contributed by atoms with Crippen LogP contribution in [0.15, 0.2) is 78.9 Å². The number of amides is 3. The Balaban J connectivity index is 0.936. The van der Waals surface area contributed by atoms with E-state index in [9.17, 15) is 33.6 Å². The molecule has 3 amide bonds. The van der Waals surface area contributed by atoms with Crippen LogP contribution >= 0.6 is 0 Å². The number of benzene rings is 3. The molecule has 0 bridgehead atoms. The lowest BCUT2D eigenvalue weighted by Gasteiger charge is -2.33. The molecular weight excluding hydrogens is 999 g/mol. The van der Waals surface area contributed by atoms with Gasteiger partial charge in [0, 0.05) is 65.1 Å². The first kappa shape index (κ1) is 57.6. The zero-order valence-corrected chi connectivity index (χ0v) is 46.0. The van der Waals surface area contributed by atoms with Crippen LogP contribution in [0.2, 0.25) is 0 Å². The Kier molecular flexibility index (Phi) is 20.2. The van der Waals surface area contributed by atoms with Crippen molar-refractivity contribution in [1.82, 2.24) is 14.7 Å². The number of likely N-dealkylation sites (N-methyl/N-ethyl adjacent to an activating group) is 3. The lowest BCUT2D eigenvalue weighted by Crippen LogP contribution is -2.53. The van der Waals surface area contributed by atoms with Crippen molar-refractivity contribution in [2.45, 2.75) is 128 Å². The molecule has 3 aromatic rings. The molecule has 1 radical (unpaired) electrons. The number of nitrogens with zero attached hydrogens (tertiary/aromatic N) is 5. The van der Waals surface area contributed by atoms with Crippen molar-refractivity contribution in [3.05, 3.63) is 102 Å². The van der Waals surface area contributed by atoms with Gasteiger partial charge in [-0.15, -0.1) is 0 Å². The first-order chi connectivity index (χ1) is 37.6. The lowest BCUT2D eigenvalue weighted by molar-refractivity contribution is -0.175. The maximum Gasteiger partial charge on any atom is 0.347 e. The second-order valence-electron chi connectivity index (χ2n) is 21.8. The molecular formula is C60H78N5O13. The van der Waals surface area contributed by atoms with Gasteiger partial charge in [-0.1, -0.05) is 93.1 Å². The molecule has 78 heavy (non-hydrogen) atoms. The molecule has 18 heteroatoms. The molecule has 0 unspecified atom stereocenters. The molecule has 6 atom stereocenters. The minimum atomic E-state index is -1.44. The van der Waals surface area contributed by atoms with Crippen molar-refractivity contribution in [2.24, 2.45) is 17.8 Å². The molecule has 0 spiro atoms. The van der Waals surface area contributed by atoms with E-state index in [1.54, 1.807) is 13.5 Å². The van der Waals surface area contributed by atoms with Crippen LogP contribution in [0.3, 0.4) is 0 Å². The van der Waals surface area contributed by atoms with Crippen LogP contribution in [0, 0.1) is 24.2 Å². The molecule has 3 aliphatic carbocycles. The first-order valence-electron chi connectivity index (χ1n) is 27.9. The summed E-state index contributed by atoms with van der Waals surface area (Å²) in [6, 6.07) is 21.6. The van der Waals surface area contributed by atoms with Crippen LogP contribution in [0.25, 0.3) is 0 Å². The van der Waals surface area contributed by atoms with Crippen molar-refractivity contribution in [2.75, 3.05) is 83.5 Å². The number of ether oxygens (including phenoxy) is 6. The SMILES string of the molecule is C[C@@H](OC(=O)[C@H](CC1CC1)N(C)C(=O)[C@@H](Cc1ccc(N2CCOCC2)cc1)OC(=O)[C@H](CC1CC1)N(C)C(=O)[C@@H](C)OC(=O)[C@H](CC1CC1)N(C)C(=O)[CH]Cc1ccc(N2CCOCC2)cc1)C(=O)OCc1ccccc1. The Morgan fingerprint density at radius 3 is 1.45 bits per heavy atom. The Bertz CT molecular complexity index is 2510. The van der Waals surface area contributed by atoms with Gasteiger partial charge in [-0.2, -0.15) is 0 Å². The van der Waals surface area contributed by atoms with E-state index in [1.165, 1.54) is 42.6 Å². The van der Waals surface area contributed by atoms with Crippen molar-refractivity contribution < 1.29 is 62.0 Å². The maximum atomic E-state index is 14.9. The number of anilines is 2. The van der Waals surface area contributed by atoms with E-state index >= 15 is 0 Å². The summed E-state index contributed by atoms with van der Waals surface area (Å²) in [5.41, 5.74) is 4.46. The van der Waals surface area contributed by atoms with Crippen LogP contribution in [-0.2, 0) is 81.4 Å². The van der Waals surface area contributed by atoms with Gasteiger partial charge in [0.25, 0.3) is 11.8 Å². The molecule has 2 aliphatic heterocycles. The van der Waals surface area contributed by atoms with Gasteiger partial charge in [0.2, 0.25) is 5.91 Å². The highest BCUT2D eigenvalue weighted by Gasteiger charge is 2.43. The van der Waals surface area contributed by atoms with E-state index < -0.39 is 72.1 Å². The third-order valence-electron chi connectivity index (χ3n) is 15.6. The molecule has 0 aromatic heterocycles. The second-order valence-corrected chi connectivity index (χ2v) is 21.8. The third kappa shape index (κ3) is 16.5. The number of carbonyl (C=O) groups is 7. The highest BCUT2D eigenvalue weighted by atomic mass is 16.6. The summed E-state index contributed by atoms with van der Waals surface area (Å²) in [6.07, 6.45) is 3.92. The van der Waals surface area contributed by atoms with E-state index in [2.05, 4.69) is 9.80 Å². The number of morpholine rings is 2. The molecule has 3 saturated carbocycles. The van der Waals surface area contributed by atoms with Crippen LogP contribution in [0.4, 0.5) is 11.4 Å². The quantitative estimate of drug-likeness (QED) is 0.0662. The molecule has 2 saturated heterocycles. The molecule has 5 aliphatic rings. The number of hydrogen-bond donors (Lipinski definition) is 0. The molecule has 421 valence electrons. The minimum absolute atomic E-state index is 0.00822. The second kappa shape index (κ2) is 27.4. The summed E-state index contributed by atoms with van der Waals surface area (Å²) in [6.45, 7) is 8.51. The van der Waals surface area contributed by atoms with Gasteiger partial charge in [-0.3, -0.25) is 14.4 Å². The monoisotopic (exact) mass is 1080 g/mol. The van der Waals surface area contributed by atoms with Crippen LogP contribution in [0.5, 0.6) is 0 Å². The lowest BCUT2D eigenvalue weighted by atomic mass is 10.0. The van der Waals surface area contributed by atoms with Gasteiger partial charge in [0.05, 0.1) is 32.8 Å². The van der Waals surface area contributed by atoms with E-state index in [4.69, 9.17) is 28.4 Å². The van der Waals surface area contributed by atoms with Gasteiger partial charge >= 0.3 is 23.9 Å². The van der Waals surface area contributed by atoms with Gasteiger partial charge in [0.15, 0.2) is 18.3 Å². The molecule has 5 fully saturated rings. The fraction of sp³-hybridized carbons (Fsp3) is 0.567. The zero-order valence-electron chi connectivity index (χ0n) is 46.0.